The number of amides is 1. The van der Waals surface area contributed by atoms with Gasteiger partial charge in [0.2, 0.25) is 11.0 Å². The molecule has 8 heteroatoms. The predicted octanol–water partition coefficient (Wildman–Crippen LogP) is 5.30. The molecular weight excluding hydrogens is 388 g/mol. The molecule has 3 rings (SSSR count). The molecule has 0 aliphatic carbocycles. The number of thiophene rings is 1. The minimum atomic E-state index is -1.53. The molecule has 1 heterocycles. The topological polar surface area (TPSA) is 66.8 Å². The highest BCUT2D eigenvalue weighted by atomic mass is 32.1. The Morgan fingerprint density at radius 3 is 2.43 bits per heavy atom. The molecular formula is C20H15F2NO4S. The molecule has 5 nitrogen and oxygen atoms in total. The summed E-state index contributed by atoms with van der Waals surface area (Å²) in [6.45, 7) is 1.06. The van der Waals surface area contributed by atoms with Crippen molar-refractivity contribution in [1.29, 1.82) is 0 Å². The third-order valence-electron chi connectivity index (χ3n) is 3.93. The van der Waals surface area contributed by atoms with Gasteiger partial charge in [0, 0.05) is 23.4 Å². The fraction of sp³-hybridized carbons (Fsp3) is 0.100. The molecule has 0 atom stereocenters. The van der Waals surface area contributed by atoms with E-state index in [9.17, 15) is 18.4 Å². The van der Waals surface area contributed by atoms with E-state index in [0.717, 1.165) is 29.0 Å². The van der Waals surface area contributed by atoms with Crippen LogP contribution in [0.25, 0.3) is 10.4 Å². The zero-order valence-corrected chi connectivity index (χ0v) is 15.5. The first-order chi connectivity index (χ1) is 13.3. The molecule has 0 saturated heterocycles. The lowest BCUT2D eigenvalue weighted by molar-refractivity contribution is -0.116. The summed E-state index contributed by atoms with van der Waals surface area (Å²) in [4.78, 5) is 25.2. The van der Waals surface area contributed by atoms with Gasteiger partial charge in [0.05, 0.1) is 12.2 Å². The number of carboxylic acid groups (broad SMARTS) is 1. The zero-order valence-electron chi connectivity index (χ0n) is 14.7. The van der Waals surface area contributed by atoms with Crippen LogP contribution >= 0.6 is 11.3 Å². The Kier molecular flexibility index (Phi) is 5.70. The van der Waals surface area contributed by atoms with Gasteiger partial charge in [-0.05, 0) is 17.7 Å². The molecule has 0 radical (unpaired) electrons. The van der Waals surface area contributed by atoms with Crippen LogP contribution in [0, 0.1) is 11.6 Å². The van der Waals surface area contributed by atoms with Crippen molar-refractivity contribution in [2.24, 2.45) is 0 Å². The van der Waals surface area contributed by atoms with E-state index in [4.69, 9.17) is 9.84 Å². The Morgan fingerprint density at radius 1 is 1.11 bits per heavy atom. The molecule has 0 bridgehead atoms. The Balaban J connectivity index is 2.04. The van der Waals surface area contributed by atoms with Crippen molar-refractivity contribution in [1.82, 2.24) is 0 Å². The molecule has 0 fully saturated rings. The molecule has 0 aliphatic rings. The average molecular weight is 403 g/mol. The van der Waals surface area contributed by atoms with Crippen molar-refractivity contribution in [2.45, 2.75) is 13.5 Å². The summed E-state index contributed by atoms with van der Waals surface area (Å²) in [6, 6.07) is 13.8. The Morgan fingerprint density at radius 2 is 1.82 bits per heavy atom. The monoisotopic (exact) mass is 403 g/mol. The van der Waals surface area contributed by atoms with E-state index in [-0.39, 0.29) is 22.9 Å². The molecule has 1 aromatic heterocycles. The number of nitrogens with zero attached hydrogens (tertiary/aromatic N) is 1. The van der Waals surface area contributed by atoms with Crippen LogP contribution in [0.1, 0.15) is 12.5 Å². The SMILES string of the molecule is CC(=O)N(Cc1ccc(F)cc1F)c1cc(-c2ccccc2)sc1OC(=O)O. The molecule has 0 saturated carbocycles. The van der Waals surface area contributed by atoms with E-state index in [1.54, 1.807) is 6.07 Å². The molecule has 0 spiro atoms. The number of rotatable bonds is 5. The quantitative estimate of drug-likeness (QED) is 0.587. The predicted molar refractivity (Wildman–Crippen MR) is 102 cm³/mol. The smallest absolute Gasteiger partial charge is 0.449 e. The minimum absolute atomic E-state index is 0.0101. The number of anilines is 1. The Bertz CT molecular complexity index is 1020. The van der Waals surface area contributed by atoms with E-state index in [2.05, 4.69) is 0 Å². The van der Waals surface area contributed by atoms with Gasteiger partial charge in [0.1, 0.15) is 11.6 Å². The fourth-order valence-electron chi connectivity index (χ4n) is 2.64. The first-order valence-electron chi connectivity index (χ1n) is 8.17. The lowest BCUT2D eigenvalue weighted by atomic mass is 10.1. The Labute approximate surface area is 163 Å². The highest BCUT2D eigenvalue weighted by Crippen LogP contribution is 2.43. The van der Waals surface area contributed by atoms with Crippen LogP contribution in [0.15, 0.2) is 54.6 Å². The number of hydrogen-bond acceptors (Lipinski definition) is 4. The van der Waals surface area contributed by atoms with E-state index >= 15 is 0 Å². The number of halogens is 2. The van der Waals surface area contributed by atoms with Crippen molar-refractivity contribution in [2.75, 3.05) is 4.90 Å². The largest absolute Gasteiger partial charge is 0.512 e. The molecule has 144 valence electrons. The molecule has 28 heavy (non-hydrogen) atoms. The van der Waals surface area contributed by atoms with E-state index in [1.165, 1.54) is 17.9 Å². The molecule has 0 aliphatic heterocycles. The second kappa shape index (κ2) is 8.18. The number of ether oxygens (including phenoxy) is 1. The number of carbonyl (C=O) groups excluding carboxylic acids is 1. The lowest BCUT2D eigenvalue weighted by Crippen LogP contribution is -2.28. The van der Waals surface area contributed by atoms with Crippen LogP contribution in [0.2, 0.25) is 0 Å². The van der Waals surface area contributed by atoms with Gasteiger partial charge in [-0.1, -0.05) is 47.7 Å². The summed E-state index contributed by atoms with van der Waals surface area (Å²) in [6.07, 6.45) is -1.53. The van der Waals surface area contributed by atoms with Crippen LogP contribution in [-0.2, 0) is 11.3 Å². The van der Waals surface area contributed by atoms with Gasteiger partial charge >= 0.3 is 6.16 Å². The first kappa shape index (κ1) is 19.5. The highest BCUT2D eigenvalue weighted by molar-refractivity contribution is 7.18. The summed E-state index contributed by atoms with van der Waals surface area (Å²) in [7, 11) is 0. The van der Waals surface area contributed by atoms with Gasteiger partial charge in [0.25, 0.3) is 0 Å². The van der Waals surface area contributed by atoms with Gasteiger partial charge in [-0.2, -0.15) is 0 Å². The minimum Gasteiger partial charge on any atom is -0.449 e. The van der Waals surface area contributed by atoms with Crippen LogP contribution in [0.3, 0.4) is 0 Å². The van der Waals surface area contributed by atoms with Crippen molar-refractivity contribution in [3.8, 4) is 15.5 Å². The zero-order chi connectivity index (χ0) is 20.3. The van der Waals surface area contributed by atoms with Gasteiger partial charge in [0.15, 0.2) is 0 Å². The molecule has 2 aromatic carbocycles. The van der Waals surface area contributed by atoms with Crippen molar-refractivity contribution in [3.63, 3.8) is 0 Å². The van der Waals surface area contributed by atoms with Crippen molar-refractivity contribution in [3.05, 3.63) is 71.8 Å². The van der Waals surface area contributed by atoms with E-state index in [0.29, 0.717) is 4.88 Å². The second-order valence-corrected chi connectivity index (χ2v) is 6.87. The maximum atomic E-state index is 14.1. The molecule has 1 N–H and O–H groups in total. The summed E-state index contributed by atoms with van der Waals surface area (Å²) in [5.74, 6) is -1.98. The maximum absolute atomic E-state index is 14.1. The van der Waals surface area contributed by atoms with Crippen molar-refractivity contribution < 1.29 is 28.2 Å². The summed E-state index contributed by atoms with van der Waals surface area (Å²) < 4.78 is 32.1. The van der Waals surface area contributed by atoms with E-state index < -0.39 is 23.7 Å². The molecule has 1 amide bonds. The second-order valence-electron chi connectivity index (χ2n) is 5.86. The normalized spacial score (nSPS) is 10.5. The highest BCUT2D eigenvalue weighted by Gasteiger charge is 2.24. The molecule has 0 unspecified atom stereocenters. The summed E-state index contributed by atoms with van der Waals surface area (Å²) in [5, 5.41) is 9.03. The van der Waals surface area contributed by atoms with Crippen molar-refractivity contribution >= 4 is 29.1 Å². The van der Waals surface area contributed by atoms with Crippen LogP contribution < -0.4 is 9.64 Å². The third-order valence-corrected chi connectivity index (χ3v) is 4.98. The van der Waals surface area contributed by atoms with Gasteiger partial charge in [-0.3, -0.25) is 4.79 Å². The standard InChI is InChI=1S/C20H15F2NO4S/c1-12(24)23(11-14-7-8-15(21)9-16(14)22)17-10-18(13-5-3-2-4-6-13)28-19(17)27-20(25)26/h2-10H,11H2,1H3,(H,25,26). The fourth-order valence-corrected chi connectivity index (χ4v) is 3.65. The van der Waals surface area contributed by atoms with Gasteiger partial charge in [-0.25, -0.2) is 13.6 Å². The van der Waals surface area contributed by atoms with Crippen LogP contribution in [-0.4, -0.2) is 17.2 Å². The first-order valence-corrected chi connectivity index (χ1v) is 8.99. The lowest BCUT2D eigenvalue weighted by Gasteiger charge is -2.21. The van der Waals surface area contributed by atoms with Gasteiger partial charge in [-0.15, -0.1) is 0 Å². The number of benzene rings is 2. The van der Waals surface area contributed by atoms with Gasteiger partial charge < -0.3 is 14.7 Å². The third kappa shape index (κ3) is 4.34. The average Bonchev–Trinajstić information content (AvgIpc) is 3.04. The van der Waals surface area contributed by atoms with E-state index in [1.807, 2.05) is 30.3 Å². The Hall–Kier alpha value is -3.26. The summed E-state index contributed by atoms with van der Waals surface area (Å²) in [5.41, 5.74) is 1.10. The van der Waals surface area contributed by atoms with Crippen LogP contribution in [0.5, 0.6) is 5.06 Å². The number of carbonyl (C=O) groups is 2. The number of hydrogen-bond donors (Lipinski definition) is 1. The summed E-state index contributed by atoms with van der Waals surface area (Å²) >= 11 is 1.05. The van der Waals surface area contributed by atoms with Crippen LogP contribution in [0.4, 0.5) is 19.3 Å². The maximum Gasteiger partial charge on any atom is 0.512 e. The molecule has 3 aromatic rings.